The molecule has 1 atom stereocenters. The van der Waals surface area contributed by atoms with Crippen molar-refractivity contribution in [1.82, 2.24) is 14.9 Å². The van der Waals surface area contributed by atoms with Crippen LogP contribution in [0.1, 0.15) is 40.3 Å². The molecule has 0 saturated heterocycles. The van der Waals surface area contributed by atoms with Crippen molar-refractivity contribution in [2.24, 2.45) is 0 Å². The van der Waals surface area contributed by atoms with Crippen LogP contribution in [0.3, 0.4) is 0 Å². The maximum absolute atomic E-state index is 12.6. The summed E-state index contributed by atoms with van der Waals surface area (Å²) in [4.78, 5) is 17.4. The highest BCUT2D eigenvalue weighted by molar-refractivity contribution is 5.94. The van der Waals surface area contributed by atoms with E-state index in [0.29, 0.717) is 17.7 Å². The summed E-state index contributed by atoms with van der Waals surface area (Å²) in [5.74, 6) is 0.662. The summed E-state index contributed by atoms with van der Waals surface area (Å²) in [7, 11) is 0. The predicted molar refractivity (Wildman–Crippen MR) is 112 cm³/mol. The average Bonchev–Trinajstić information content (AvgIpc) is 3.13. The van der Waals surface area contributed by atoms with Crippen LogP contribution < -0.4 is 5.32 Å². The first-order valence-corrected chi connectivity index (χ1v) is 9.46. The lowest BCUT2D eigenvalue weighted by Crippen LogP contribution is -2.28. The van der Waals surface area contributed by atoms with E-state index in [9.17, 15) is 4.79 Å². The number of nitrogens with one attached hydrogen (secondary N) is 1. The van der Waals surface area contributed by atoms with Crippen LogP contribution in [0, 0.1) is 11.3 Å². The molecule has 0 unspecified atom stereocenters. The summed E-state index contributed by atoms with van der Waals surface area (Å²) >= 11 is 0. The number of nitrogens with zero attached hydrogens (tertiary/aromatic N) is 3. The molecule has 1 aromatic heterocycles. The Morgan fingerprint density at radius 3 is 2.45 bits per heavy atom. The SMILES string of the molecule is C[C@H](NC(=O)c1ccccc1)c1nc2ccccc2n1Cc1ccc(C#N)cc1. The molecule has 4 aromatic rings. The number of amides is 1. The van der Waals surface area contributed by atoms with Gasteiger partial charge in [0.15, 0.2) is 0 Å². The monoisotopic (exact) mass is 380 g/mol. The normalized spacial score (nSPS) is 11.7. The van der Waals surface area contributed by atoms with Gasteiger partial charge in [-0.3, -0.25) is 4.79 Å². The van der Waals surface area contributed by atoms with Crippen LogP contribution in [0.15, 0.2) is 78.9 Å². The van der Waals surface area contributed by atoms with Gasteiger partial charge in [-0.25, -0.2) is 4.98 Å². The fourth-order valence-corrected chi connectivity index (χ4v) is 3.39. The molecule has 29 heavy (non-hydrogen) atoms. The van der Waals surface area contributed by atoms with E-state index in [1.165, 1.54) is 0 Å². The minimum atomic E-state index is -0.270. The van der Waals surface area contributed by atoms with Gasteiger partial charge in [0, 0.05) is 12.1 Å². The second kappa shape index (κ2) is 7.99. The summed E-state index contributed by atoms with van der Waals surface area (Å²) in [6, 6.07) is 26.5. The number of imidazole rings is 1. The van der Waals surface area contributed by atoms with Gasteiger partial charge in [0.2, 0.25) is 0 Å². The zero-order valence-electron chi connectivity index (χ0n) is 16.0. The number of carbonyl (C=O) groups excluding carboxylic acids is 1. The molecule has 0 aliphatic carbocycles. The quantitative estimate of drug-likeness (QED) is 0.556. The second-order valence-corrected chi connectivity index (χ2v) is 6.91. The molecule has 0 radical (unpaired) electrons. The summed E-state index contributed by atoms with van der Waals surface area (Å²) in [5.41, 5.74) is 4.21. The highest BCUT2D eigenvalue weighted by Crippen LogP contribution is 2.23. The van der Waals surface area contributed by atoms with Crippen molar-refractivity contribution in [2.45, 2.75) is 19.5 Å². The third kappa shape index (κ3) is 3.87. The highest BCUT2D eigenvalue weighted by atomic mass is 16.1. The van der Waals surface area contributed by atoms with E-state index < -0.39 is 0 Å². The molecule has 5 heteroatoms. The smallest absolute Gasteiger partial charge is 0.251 e. The Hall–Kier alpha value is -3.91. The Labute approximate surface area is 169 Å². The number of hydrogen-bond donors (Lipinski definition) is 1. The van der Waals surface area contributed by atoms with Gasteiger partial charge in [-0.05, 0) is 48.9 Å². The van der Waals surface area contributed by atoms with Crippen LogP contribution in [0.5, 0.6) is 0 Å². The molecular weight excluding hydrogens is 360 g/mol. The topological polar surface area (TPSA) is 70.7 Å². The number of carbonyl (C=O) groups is 1. The van der Waals surface area contributed by atoms with E-state index in [1.54, 1.807) is 12.1 Å². The molecular formula is C24H20N4O. The molecule has 1 heterocycles. The van der Waals surface area contributed by atoms with Gasteiger partial charge in [-0.15, -0.1) is 0 Å². The van der Waals surface area contributed by atoms with Crippen molar-refractivity contribution < 1.29 is 4.79 Å². The lowest BCUT2D eigenvalue weighted by molar-refractivity contribution is 0.0938. The third-order valence-electron chi connectivity index (χ3n) is 4.88. The van der Waals surface area contributed by atoms with Crippen LogP contribution in [0.25, 0.3) is 11.0 Å². The van der Waals surface area contributed by atoms with Crippen LogP contribution >= 0.6 is 0 Å². The minimum absolute atomic E-state index is 0.130. The number of fused-ring (bicyclic) bond motifs is 1. The van der Waals surface area contributed by atoms with E-state index in [1.807, 2.05) is 73.7 Å². The number of rotatable bonds is 5. The number of hydrogen-bond acceptors (Lipinski definition) is 3. The van der Waals surface area contributed by atoms with Gasteiger partial charge < -0.3 is 9.88 Å². The molecule has 142 valence electrons. The molecule has 1 N–H and O–H groups in total. The maximum Gasteiger partial charge on any atom is 0.251 e. The van der Waals surface area contributed by atoms with E-state index in [-0.39, 0.29) is 11.9 Å². The van der Waals surface area contributed by atoms with Gasteiger partial charge >= 0.3 is 0 Å². The van der Waals surface area contributed by atoms with E-state index in [4.69, 9.17) is 10.2 Å². The van der Waals surface area contributed by atoms with Crippen LogP contribution in [-0.4, -0.2) is 15.5 Å². The van der Waals surface area contributed by atoms with E-state index in [2.05, 4.69) is 16.0 Å². The number of nitriles is 1. The molecule has 0 saturated carbocycles. The number of aromatic nitrogens is 2. The Morgan fingerprint density at radius 1 is 1.03 bits per heavy atom. The fraction of sp³-hybridized carbons (Fsp3) is 0.125. The zero-order valence-corrected chi connectivity index (χ0v) is 16.0. The van der Waals surface area contributed by atoms with Crippen LogP contribution in [0.4, 0.5) is 0 Å². The van der Waals surface area contributed by atoms with Gasteiger partial charge in [0.1, 0.15) is 5.82 Å². The summed E-state index contributed by atoms with van der Waals surface area (Å²) in [6.07, 6.45) is 0. The van der Waals surface area contributed by atoms with Crippen molar-refractivity contribution in [3.63, 3.8) is 0 Å². The molecule has 3 aromatic carbocycles. The van der Waals surface area contributed by atoms with Crippen LogP contribution in [0.2, 0.25) is 0 Å². The van der Waals surface area contributed by atoms with Crippen molar-refractivity contribution in [1.29, 1.82) is 5.26 Å². The van der Waals surface area contributed by atoms with E-state index in [0.717, 1.165) is 22.4 Å². The summed E-state index contributed by atoms with van der Waals surface area (Å²) < 4.78 is 2.12. The molecule has 0 spiro atoms. The molecule has 4 rings (SSSR count). The molecule has 5 nitrogen and oxygen atoms in total. The average molecular weight is 380 g/mol. The highest BCUT2D eigenvalue weighted by Gasteiger charge is 2.19. The molecule has 0 aliphatic rings. The Kier molecular flexibility index (Phi) is 5.08. The van der Waals surface area contributed by atoms with Crippen molar-refractivity contribution in [3.8, 4) is 6.07 Å². The molecule has 1 amide bonds. The predicted octanol–water partition coefficient (Wildman–Crippen LogP) is 4.45. The summed E-state index contributed by atoms with van der Waals surface area (Å²) in [5, 5.41) is 12.1. The number of benzene rings is 3. The van der Waals surface area contributed by atoms with Crippen molar-refractivity contribution in [3.05, 3.63) is 101 Å². The van der Waals surface area contributed by atoms with Crippen LogP contribution in [-0.2, 0) is 6.54 Å². The Balaban J connectivity index is 1.67. The molecule has 0 bridgehead atoms. The van der Waals surface area contributed by atoms with Crippen molar-refractivity contribution in [2.75, 3.05) is 0 Å². The van der Waals surface area contributed by atoms with Crippen molar-refractivity contribution >= 4 is 16.9 Å². The summed E-state index contributed by atoms with van der Waals surface area (Å²) in [6.45, 7) is 2.55. The molecule has 0 fully saturated rings. The number of para-hydroxylation sites is 2. The third-order valence-corrected chi connectivity index (χ3v) is 4.88. The van der Waals surface area contributed by atoms with Gasteiger partial charge in [-0.2, -0.15) is 5.26 Å². The van der Waals surface area contributed by atoms with E-state index >= 15 is 0 Å². The first-order valence-electron chi connectivity index (χ1n) is 9.46. The van der Waals surface area contributed by atoms with Gasteiger partial charge in [-0.1, -0.05) is 42.5 Å². The second-order valence-electron chi connectivity index (χ2n) is 6.91. The standard InChI is InChI=1S/C24H20N4O/c1-17(26-24(29)20-7-3-2-4-8-20)23-27-21-9-5-6-10-22(21)28(23)16-19-13-11-18(15-25)12-14-19/h2-14,17H,16H2,1H3,(H,26,29)/t17-/m0/s1. The fourth-order valence-electron chi connectivity index (χ4n) is 3.39. The lowest BCUT2D eigenvalue weighted by atomic mass is 10.1. The lowest BCUT2D eigenvalue weighted by Gasteiger charge is -2.16. The first-order chi connectivity index (χ1) is 14.2. The van der Waals surface area contributed by atoms with Gasteiger partial charge in [0.05, 0.1) is 28.7 Å². The minimum Gasteiger partial charge on any atom is -0.342 e. The maximum atomic E-state index is 12.6. The van der Waals surface area contributed by atoms with Gasteiger partial charge in [0.25, 0.3) is 5.91 Å². The Morgan fingerprint density at radius 2 is 1.72 bits per heavy atom. The zero-order chi connectivity index (χ0) is 20.2. The largest absolute Gasteiger partial charge is 0.342 e. The Bertz CT molecular complexity index is 1190. The first kappa shape index (κ1) is 18.5. The molecule has 0 aliphatic heterocycles.